The summed E-state index contributed by atoms with van der Waals surface area (Å²) >= 11 is 0. The smallest absolute Gasteiger partial charge is 0.336 e. The average Bonchev–Trinajstić information content (AvgIpc) is 2.63. The topological polar surface area (TPSA) is 34.7 Å². The summed E-state index contributed by atoms with van der Waals surface area (Å²) in [4.78, 5) is 13.4. The predicted molar refractivity (Wildman–Crippen MR) is 105 cm³/mol. The highest BCUT2D eigenvalue weighted by molar-refractivity contribution is 6.06. The number of hydrogen-bond acceptors (Lipinski definition) is 2. The highest BCUT2D eigenvalue weighted by Crippen LogP contribution is 2.27. The molecule has 0 fully saturated rings. The molecule has 0 aliphatic carbocycles. The number of benzene rings is 3. The van der Waals surface area contributed by atoms with Gasteiger partial charge in [0, 0.05) is 22.6 Å². The molecular formula is C23H22NO2+. The molecule has 130 valence electrons. The van der Waals surface area contributed by atoms with E-state index in [0.717, 1.165) is 34.8 Å². The van der Waals surface area contributed by atoms with Gasteiger partial charge in [-0.25, -0.2) is 4.79 Å². The molecule has 4 aromatic rings. The van der Waals surface area contributed by atoms with Gasteiger partial charge in [-0.2, -0.15) is 0 Å². The van der Waals surface area contributed by atoms with Crippen LogP contribution in [0.5, 0.6) is 0 Å². The van der Waals surface area contributed by atoms with Gasteiger partial charge in [-0.05, 0) is 23.8 Å². The van der Waals surface area contributed by atoms with Crippen molar-refractivity contribution < 1.29 is 9.32 Å². The van der Waals surface area contributed by atoms with Crippen LogP contribution in [0.2, 0.25) is 0 Å². The second kappa shape index (κ2) is 6.77. The lowest BCUT2D eigenvalue weighted by Gasteiger charge is -2.16. The molecule has 0 saturated carbocycles. The number of fused-ring (bicyclic) bond motifs is 3. The van der Waals surface area contributed by atoms with E-state index >= 15 is 0 Å². The maximum absolute atomic E-state index is 12.0. The van der Waals surface area contributed by atoms with E-state index in [1.807, 2.05) is 24.3 Å². The first-order valence-electron chi connectivity index (χ1n) is 8.91. The number of hydrogen-bond donors (Lipinski definition) is 1. The lowest BCUT2D eigenvalue weighted by molar-refractivity contribution is -0.907. The third kappa shape index (κ3) is 3.26. The van der Waals surface area contributed by atoms with Crippen molar-refractivity contribution in [3.05, 3.63) is 93.8 Å². The SMILES string of the molecule is Cc1ccc(C[NH+](C)Cc2cc(=O)oc3ccc4ccccc4c23)cc1. The molecule has 3 heteroatoms. The Morgan fingerprint density at radius 1 is 0.923 bits per heavy atom. The molecule has 0 aliphatic heterocycles. The third-order valence-corrected chi connectivity index (χ3v) is 4.83. The minimum absolute atomic E-state index is 0.286. The fraction of sp³-hybridized carbons (Fsp3) is 0.174. The van der Waals surface area contributed by atoms with E-state index in [-0.39, 0.29) is 5.63 Å². The highest BCUT2D eigenvalue weighted by atomic mass is 16.4. The summed E-state index contributed by atoms with van der Waals surface area (Å²) in [6.07, 6.45) is 0. The average molecular weight is 344 g/mol. The molecule has 0 saturated heterocycles. The van der Waals surface area contributed by atoms with Gasteiger partial charge < -0.3 is 9.32 Å². The van der Waals surface area contributed by atoms with E-state index in [1.54, 1.807) is 6.07 Å². The van der Waals surface area contributed by atoms with E-state index < -0.39 is 0 Å². The molecule has 0 spiro atoms. The fourth-order valence-electron chi connectivity index (χ4n) is 3.60. The van der Waals surface area contributed by atoms with Crippen LogP contribution in [0, 0.1) is 6.92 Å². The predicted octanol–water partition coefficient (Wildman–Crippen LogP) is 3.47. The summed E-state index contributed by atoms with van der Waals surface area (Å²) in [5, 5.41) is 3.34. The summed E-state index contributed by atoms with van der Waals surface area (Å²) in [5.41, 5.74) is 3.98. The van der Waals surface area contributed by atoms with E-state index in [4.69, 9.17) is 4.42 Å². The van der Waals surface area contributed by atoms with Crippen molar-refractivity contribution in [1.29, 1.82) is 0 Å². The number of nitrogens with one attached hydrogen (secondary N) is 1. The van der Waals surface area contributed by atoms with Crippen molar-refractivity contribution in [2.45, 2.75) is 20.0 Å². The summed E-state index contributed by atoms with van der Waals surface area (Å²) in [7, 11) is 2.16. The van der Waals surface area contributed by atoms with Crippen LogP contribution in [0.25, 0.3) is 21.7 Å². The lowest BCUT2D eigenvalue weighted by atomic mass is 10.0. The molecule has 0 bridgehead atoms. The lowest BCUT2D eigenvalue weighted by Crippen LogP contribution is -3.06. The summed E-state index contributed by atoms with van der Waals surface area (Å²) in [6, 6.07) is 22.4. The number of quaternary nitrogens is 1. The Morgan fingerprint density at radius 3 is 2.50 bits per heavy atom. The molecule has 3 nitrogen and oxygen atoms in total. The Morgan fingerprint density at radius 2 is 1.69 bits per heavy atom. The maximum Gasteiger partial charge on any atom is 0.336 e. The molecule has 0 amide bonds. The van der Waals surface area contributed by atoms with E-state index in [2.05, 4.69) is 50.4 Å². The third-order valence-electron chi connectivity index (χ3n) is 4.83. The second-order valence-electron chi connectivity index (χ2n) is 7.05. The minimum atomic E-state index is -0.286. The molecule has 0 radical (unpaired) electrons. The molecule has 3 aromatic carbocycles. The van der Waals surface area contributed by atoms with Crippen LogP contribution in [0.1, 0.15) is 16.7 Å². The second-order valence-corrected chi connectivity index (χ2v) is 7.05. The van der Waals surface area contributed by atoms with Crippen LogP contribution < -0.4 is 10.5 Å². The zero-order valence-electron chi connectivity index (χ0n) is 15.1. The molecule has 1 atom stereocenters. The fourth-order valence-corrected chi connectivity index (χ4v) is 3.60. The molecular weight excluding hydrogens is 322 g/mol. The summed E-state index contributed by atoms with van der Waals surface area (Å²) < 4.78 is 5.46. The van der Waals surface area contributed by atoms with Gasteiger partial charge in [0.1, 0.15) is 18.7 Å². The first-order chi connectivity index (χ1) is 12.6. The number of rotatable bonds is 4. The molecule has 26 heavy (non-hydrogen) atoms. The maximum atomic E-state index is 12.0. The Kier molecular flexibility index (Phi) is 4.31. The molecule has 4 rings (SSSR count). The van der Waals surface area contributed by atoms with Gasteiger partial charge in [0.2, 0.25) is 0 Å². The van der Waals surface area contributed by atoms with E-state index in [1.165, 1.54) is 16.0 Å². The van der Waals surface area contributed by atoms with Gasteiger partial charge in [0.25, 0.3) is 0 Å². The Balaban J connectivity index is 1.74. The monoisotopic (exact) mass is 344 g/mol. The van der Waals surface area contributed by atoms with Crippen molar-refractivity contribution in [3.8, 4) is 0 Å². The number of aryl methyl sites for hydroxylation is 1. The van der Waals surface area contributed by atoms with Gasteiger partial charge in [-0.3, -0.25) is 0 Å². The Hall–Kier alpha value is -2.91. The van der Waals surface area contributed by atoms with Gasteiger partial charge in [-0.15, -0.1) is 0 Å². The van der Waals surface area contributed by atoms with E-state index in [9.17, 15) is 4.79 Å². The van der Waals surface area contributed by atoms with Crippen LogP contribution in [0.4, 0.5) is 0 Å². The molecule has 1 N–H and O–H groups in total. The summed E-state index contributed by atoms with van der Waals surface area (Å²) in [5.74, 6) is 0. The highest BCUT2D eigenvalue weighted by Gasteiger charge is 2.13. The molecule has 1 aromatic heterocycles. The van der Waals surface area contributed by atoms with Crippen LogP contribution in [-0.4, -0.2) is 7.05 Å². The van der Waals surface area contributed by atoms with Gasteiger partial charge in [-0.1, -0.05) is 60.2 Å². The van der Waals surface area contributed by atoms with Gasteiger partial charge in [0.15, 0.2) is 0 Å². The van der Waals surface area contributed by atoms with Gasteiger partial charge in [0.05, 0.1) is 7.05 Å². The van der Waals surface area contributed by atoms with Crippen molar-refractivity contribution in [3.63, 3.8) is 0 Å². The largest absolute Gasteiger partial charge is 0.423 e. The van der Waals surface area contributed by atoms with Gasteiger partial charge >= 0.3 is 5.63 Å². The zero-order valence-corrected chi connectivity index (χ0v) is 15.1. The van der Waals surface area contributed by atoms with Crippen LogP contribution >= 0.6 is 0 Å². The quantitative estimate of drug-likeness (QED) is 0.454. The van der Waals surface area contributed by atoms with Crippen LogP contribution in [0.3, 0.4) is 0 Å². The van der Waals surface area contributed by atoms with Crippen LogP contribution in [0.15, 0.2) is 75.9 Å². The standard InChI is InChI=1S/C23H21NO2/c1-16-7-9-17(10-8-16)14-24(2)15-19-13-22(25)26-21-12-11-18-5-3-4-6-20(18)23(19)21/h3-13H,14-15H2,1-2H3/p+1. The van der Waals surface area contributed by atoms with Crippen molar-refractivity contribution >= 4 is 21.7 Å². The first-order valence-corrected chi connectivity index (χ1v) is 8.91. The van der Waals surface area contributed by atoms with Crippen molar-refractivity contribution in [2.24, 2.45) is 0 Å². The van der Waals surface area contributed by atoms with E-state index in [0.29, 0.717) is 5.58 Å². The minimum Gasteiger partial charge on any atom is -0.423 e. The summed E-state index contributed by atoms with van der Waals surface area (Å²) in [6.45, 7) is 3.78. The molecule has 1 heterocycles. The first kappa shape index (κ1) is 16.6. The van der Waals surface area contributed by atoms with Crippen LogP contribution in [-0.2, 0) is 13.1 Å². The zero-order chi connectivity index (χ0) is 18.1. The molecule has 0 aliphatic rings. The normalized spacial score (nSPS) is 12.5. The Bertz CT molecular complexity index is 1130. The van der Waals surface area contributed by atoms with Crippen molar-refractivity contribution in [2.75, 3.05) is 7.05 Å². The Labute approximate surface area is 152 Å². The van der Waals surface area contributed by atoms with Crippen molar-refractivity contribution in [1.82, 2.24) is 0 Å². The molecule has 1 unspecified atom stereocenters.